The monoisotopic (exact) mass is 294 g/mol. The summed E-state index contributed by atoms with van der Waals surface area (Å²) in [6, 6.07) is 1.64. The lowest BCUT2D eigenvalue weighted by molar-refractivity contribution is -0.121. The van der Waals surface area contributed by atoms with Gasteiger partial charge in [0, 0.05) is 19.0 Å². The molecule has 0 aliphatic rings. The average Bonchev–Trinajstić information content (AvgIpc) is 2.47. The molecule has 21 heavy (non-hydrogen) atoms. The van der Waals surface area contributed by atoms with Gasteiger partial charge in [-0.2, -0.15) is 0 Å². The molecule has 0 spiro atoms. The van der Waals surface area contributed by atoms with Crippen molar-refractivity contribution in [2.75, 3.05) is 24.7 Å². The fraction of sp³-hybridized carbons (Fsp3) is 0.500. The Kier molecular flexibility index (Phi) is 6.45. The minimum Gasteiger partial charge on any atom is -0.465 e. The highest BCUT2D eigenvalue weighted by molar-refractivity contribution is 5.95. The molecule has 1 aromatic rings. The summed E-state index contributed by atoms with van der Waals surface area (Å²) in [6.07, 6.45) is 2.61. The number of rotatable bonds is 7. The van der Waals surface area contributed by atoms with Crippen LogP contribution in [0.15, 0.2) is 12.3 Å². The van der Waals surface area contributed by atoms with Crippen LogP contribution in [0.5, 0.6) is 0 Å². The molecule has 1 unspecified atom stereocenters. The number of nitrogens with zero attached hydrogens (tertiary/aromatic N) is 1. The second-order valence-electron chi connectivity index (χ2n) is 4.71. The maximum absolute atomic E-state index is 11.6. The molecule has 7 heteroatoms. The van der Waals surface area contributed by atoms with Crippen LogP contribution in [-0.2, 0) is 9.53 Å². The van der Waals surface area contributed by atoms with Gasteiger partial charge < -0.3 is 21.1 Å². The van der Waals surface area contributed by atoms with Gasteiger partial charge in [0.1, 0.15) is 11.4 Å². The van der Waals surface area contributed by atoms with Crippen LogP contribution < -0.4 is 16.4 Å². The van der Waals surface area contributed by atoms with Gasteiger partial charge in [0.2, 0.25) is 5.91 Å². The van der Waals surface area contributed by atoms with Crippen LogP contribution in [-0.4, -0.2) is 36.6 Å². The van der Waals surface area contributed by atoms with Crippen LogP contribution in [0.25, 0.3) is 0 Å². The number of nitrogen functional groups attached to an aromatic ring is 1. The lowest BCUT2D eigenvalue weighted by Gasteiger charge is -2.13. The largest absolute Gasteiger partial charge is 0.465 e. The zero-order chi connectivity index (χ0) is 15.8. The van der Waals surface area contributed by atoms with E-state index in [0.717, 1.165) is 6.42 Å². The number of methoxy groups -OCH3 is 1. The summed E-state index contributed by atoms with van der Waals surface area (Å²) in [5, 5.41) is 5.81. The van der Waals surface area contributed by atoms with Crippen molar-refractivity contribution in [1.82, 2.24) is 10.3 Å². The van der Waals surface area contributed by atoms with Crippen molar-refractivity contribution in [2.24, 2.45) is 0 Å². The fourth-order valence-corrected chi connectivity index (χ4v) is 1.63. The lowest BCUT2D eigenvalue weighted by Crippen LogP contribution is -2.33. The molecule has 1 amide bonds. The molecule has 0 saturated heterocycles. The van der Waals surface area contributed by atoms with E-state index in [-0.39, 0.29) is 23.9 Å². The molecule has 0 aromatic carbocycles. The van der Waals surface area contributed by atoms with Crippen LogP contribution in [0, 0.1) is 0 Å². The molecule has 1 heterocycles. The predicted octanol–water partition coefficient (Wildman–Crippen LogP) is 1.17. The van der Waals surface area contributed by atoms with Gasteiger partial charge >= 0.3 is 5.97 Å². The molecule has 0 radical (unpaired) electrons. The number of amides is 1. The van der Waals surface area contributed by atoms with Crippen molar-refractivity contribution in [3.8, 4) is 0 Å². The Morgan fingerprint density at radius 2 is 2.19 bits per heavy atom. The number of carbonyl (C=O) groups is 2. The number of hydrogen-bond donors (Lipinski definition) is 3. The van der Waals surface area contributed by atoms with Crippen LogP contribution in [0.3, 0.4) is 0 Å². The molecule has 1 rings (SSSR count). The van der Waals surface area contributed by atoms with Gasteiger partial charge in [-0.15, -0.1) is 0 Å². The number of ether oxygens (including phenoxy) is 1. The summed E-state index contributed by atoms with van der Waals surface area (Å²) < 4.78 is 4.67. The Morgan fingerprint density at radius 3 is 2.81 bits per heavy atom. The number of hydrogen-bond acceptors (Lipinski definition) is 6. The van der Waals surface area contributed by atoms with Crippen LogP contribution in [0.1, 0.15) is 37.0 Å². The van der Waals surface area contributed by atoms with Crippen molar-refractivity contribution in [3.63, 3.8) is 0 Å². The first-order valence-corrected chi connectivity index (χ1v) is 6.85. The van der Waals surface area contributed by atoms with E-state index < -0.39 is 5.97 Å². The molecule has 0 aliphatic carbocycles. The number of esters is 1. The first kappa shape index (κ1) is 16.7. The minimum absolute atomic E-state index is 0.0492. The first-order chi connectivity index (χ1) is 9.97. The maximum Gasteiger partial charge on any atom is 0.341 e. The SMILES string of the molecule is CCC(C)NC(=O)CCNc1ncc(N)cc1C(=O)OC. The Balaban J connectivity index is 2.59. The normalized spacial score (nSPS) is 11.6. The summed E-state index contributed by atoms with van der Waals surface area (Å²) >= 11 is 0. The van der Waals surface area contributed by atoms with Crippen molar-refractivity contribution < 1.29 is 14.3 Å². The molecule has 0 fully saturated rings. The van der Waals surface area contributed by atoms with Crippen LogP contribution >= 0.6 is 0 Å². The summed E-state index contributed by atoms with van der Waals surface area (Å²) in [4.78, 5) is 27.3. The van der Waals surface area contributed by atoms with Crippen LogP contribution in [0.4, 0.5) is 11.5 Å². The van der Waals surface area contributed by atoms with E-state index in [1.807, 2.05) is 13.8 Å². The summed E-state index contributed by atoms with van der Waals surface area (Å²) in [6.45, 7) is 4.32. The standard InChI is InChI=1S/C14H22N4O3/c1-4-9(2)18-12(19)5-6-16-13-11(14(20)21-3)7-10(15)8-17-13/h7-9H,4-6,15H2,1-3H3,(H,16,17)(H,18,19). The molecule has 1 atom stereocenters. The second-order valence-corrected chi connectivity index (χ2v) is 4.71. The van der Waals surface area contributed by atoms with E-state index in [0.29, 0.717) is 18.1 Å². The quantitative estimate of drug-likeness (QED) is 0.652. The highest BCUT2D eigenvalue weighted by atomic mass is 16.5. The van der Waals surface area contributed by atoms with Gasteiger partial charge in [-0.25, -0.2) is 9.78 Å². The van der Waals surface area contributed by atoms with Crippen molar-refractivity contribution in [2.45, 2.75) is 32.7 Å². The first-order valence-electron chi connectivity index (χ1n) is 6.85. The molecule has 7 nitrogen and oxygen atoms in total. The van der Waals surface area contributed by atoms with E-state index in [4.69, 9.17) is 5.73 Å². The van der Waals surface area contributed by atoms with E-state index in [2.05, 4.69) is 20.4 Å². The van der Waals surface area contributed by atoms with Gasteiger partial charge in [0.25, 0.3) is 0 Å². The van der Waals surface area contributed by atoms with E-state index in [9.17, 15) is 9.59 Å². The number of nitrogens with two attached hydrogens (primary N) is 1. The molecule has 116 valence electrons. The topological polar surface area (TPSA) is 106 Å². The molecular formula is C14H22N4O3. The van der Waals surface area contributed by atoms with E-state index in [1.54, 1.807) is 0 Å². The Morgan fingerprint density at radius 1 is 1.48 bits per heavy atom. The summed E-state index contributed by atoms with van der Waals surface area (Å²) in [5.41, 5.74) is 6.23. The van der Waals surface area contributed by atoms with Crippen molar-refractivity contribution in [3.05, 3.63) is 17.8 Å². The zero-order valence-corrected chi connectivity index (χ0v) is 12.6. The smallest absolute Gasteiger partial charge is 0.341 e. The Hall–Kier alpha value is -2.31. The maximum atomic E-state index is 11.6. The van der Waals surface area contributed by atoms with Gasteiger partial charge in [0.15, 0.2) is 0 Å². The van der Waals surface area contributed by atoms with E-state index >= 15 is 0 Å². The van der Waals surface area contributed by atoms with Gasteiger partial charge in [-0.05, 0) is 19.4 Å². The number of aromatic nitrogens is 1. The lowest BCUT2D eigenvalue weighted by atomic mass is 10.2. The Labute approximate surface area is 124 Å². The predicted molar refractivity (Wildman–Crippen MR) is 81.0 cm³/mol. The summed E-state index contributed by atoms with van der Waals surface area (Å²) in [7, 11) is 1.29. The number of pyridine rings is 1. The molecule has 0 bridgehead atoms. The zero-order valence-electron chi connectivity index (χ0n) is 12.6. The molecular weight excluding hydrogens is 272 g/mol. The van der Waals surface area contributed by atoms with Gasteiger partial charge in [0.05, 0.1) is 19.0 Å². The molecule has 4 N–H and O–H groups in total. The van der Waals surface area contributed by atoms with Gasteiger partial charge in [-0.1, -0.05) is 6.92 Å². The molecule has 0 saturated carbocycles. The highest BCUT2D eigenvalue weighted by Gasteiger charge is 2.14. The third-order valence-corrected chi connectivity index (χ3v) is 2.98. The molecule has 1 aromatic heterocycles. The van der Waals surface area contributed by atoms with Crippen molar-refractivity contribution >= 4 is 23.4 Å². The number of carbonyl (C=O) groups excluding carboxylic acids is 2. The second kappa shape index (κ2) is 8.08. The van der Waals surface area contributed by atoms with Crippen LogP contribution in [0.2, 0.25) is 0 Å². The summed E-state index contributed by atoms with van der Waals surface area (Å²) in [5.74, 6) is -0.222. The highest BCUT2D eigenvalue weighted by Crippen LogP contribution is 2.16. The fourth-order valence-electron chi connectivity index (χ4n) is 1.63. The third-order valence-electron chi connectivity index (χ3n) is 2.98. The van der Waals surface area contributed by atoms with Crippen molar-refractivity contribution in [1.29, 1.82) is 0 Å². The third kappa shape index (κ3) is 5.29. The Bertz CT molecular complexity index is 505. The molecule has 0 aliphatic heterocycles. The number of anilines is 2. The van der Waals surface area contributed by atoms with Gasteiger partial charge in [-0.3, -0.25) is 4.79 Å². The average molecular weight is 294 g/mol. The van der Waals surface area contributed by atoms with E-state index in [1.165, 1.54) is 19.4 Å². The number of nitrogens with one attached hydrogen (secondary N) is 2. The minimum atomic E-state index is -0.527.